The monoisotopic (exact) mass is 483 g/mol. The van der Waals surface area contributed by atoms with Gasteiger partial charge in [-0.25, -0.2) is 9.97 Å². The fraction of sp³-hybridized carbons (Fsp3) is 0.286. The van der Waals surface area contributed by atoms with Crippen molar-refractivity contribution in [2.45, 2.75) is 26.5 Å². The summed E-state index contributed by atoms with van der Waals surface area (Å²) >= 11 is 3.26. The number of rotatable bonds is 6. The van der Waals surface area contributed by atoms with Crippen LogP contribution in [0, 0.1) is 18.3 Å². The van der Waals surface area contributed by atoms with Crippen molar-refractivity contribution in [2.75, 3.05) is 12.8 Å². The quantitative estimate of drug-likeness (QED) is 0.570. The van der Waals surface area contributed by atoms with Crippen LogP contribution in [0.2, 0.25) is 0 Å². The Bertz CT molecular complexity index is 1170. The van der Waals surface area contributed by atoms with Crippen LogP contribution in [-0.2, 0) is 13.6 Å². The number of hydrogen-bond acceptors (Lipinski definition) is 7. The standard InChI is InChI=1S/C21H22BrN7O2/c1-12-5-6-16(21(30)28(3)11-14-8-15(9-23)29(4)27-14)17(7-12)13(2)31-20-19(24)25-10-18(22)26-20/h5-8,10,13H,11H2,1-4H3,(H2,24,25). The Hall–Kier alpha value is -3.45. The number of nitriles is 1. The number of aromatic nitrogens is 4. The normalized spacial score (nSPS) is 11.6. The summed E-state index contributed by atoms with van der Waals surface area (Å²) in [6, 6.07) is 9.29. The Labute approximate surface area is 188 Å². The van der Waals surface area contributed by atoms with E-state index in [-0.39, 0.29) is 24.1 Å². The number of anilines is 1. The third-order valence-corrected chi connectivity index (χ3v) is 5.07. The van der Waals surface area contributed by atoms with Gasteiger partial charge in [-0.15, -0.1) is 0 Å². The summed E-state index contributed by atoms with van der Waals surface area (Å²) in [6.45, 7) is 4.03. The molecule has 2 aromatic heterocycles. The molecule has 0 bridgehead atoms. The van der Waals surface area contributed by atoms with Gasteiger partial charge in [-0.2, -0.15) is 10.4 Å². The van der Waals surface area contributed by atoms with Crippen molar-refractivity contribution in [3.05, 3.63) is 63.1 Å². The van der Waals surface area contributed by atoms with Crippen LogP contribution in [0.5, 0.6) is 5.88 Å². The first-order chi connectivity index (χ1) is 14.7. The molecule has 9 nitrogen and oxygen atoms in total. The van der Waals surface area contributed by atoms with Crippen molar-refractivity contribution < 1.29 is 9.53 Å². The van der Waals surface area contributed by atoms with E-state index in [9.17, 15) is 4.79 Å². The summed E-state index contributed by atoms with van der Waals surface area (Å²) in [5.74, 6) is 0.159. The molecule has 0 aliphatic carbocycles. The molecule has 0 radical (unpaired) electrons. The minimum Gasteiger partial charge on any atom is -0.467 e. The molecule has 31 heavy (non-hydrogen) atoms. The Morgan fingerprint density at radius 1 is 1.42 bits per heavy atom. The number of aryl methyl sites for hydroxylation is 2. The molecule has 1 aromatic carbocycles. The first kappa shape index (κ1) is 22.2. The first-order valence-corrected chi connectivity index (χ1v) is 10.2. The van der Waals surface area contributed by atoms with Crippen molar-refractivity contribution in [2.24, 2.45) is 7.05 Å². The number of nitrogen functional groups attached to an aromatic ring is 1. The predicted molar refractivity (Wildman–Crippen MR) is 118 cm³/mol. The van der Waals surface area contributed by atoms with Crippen LogP contribution in [-0.4, -0.2) is 37.6 Å². The Balaban J connectivity index is 1.86. The molecule has 0 spiro atoms. The summed E-state index contributed by atoms with van der Waals surface area (Å²) < 4.78 is 7.93. The maximum absolute atomic E-state index is 13.2. The van der Waals surface area contributed by atoms with Crippen LogP contribution >= 0.6 is 15.9 Å². The molecular weight excluding hydrogens is 462 g/mol. The van der Waals surface area contributed by atoms with Gasteiger partial charge in [0.25, 0.3) is 11.8 Å². The van der Waals surface area contributed by atoms with Crippen molar-refractivity contribution in [3.8, 4) is 11.9 Å². The zero-order valence-corrected chi connectivity index (χ0v) is 19.2. The highest BCUT2D eigenvalue weighted by molar-refractivity contribution is 9.10. The predicted octanol–water partition coefficient (Wildman–Crippen LogP) is 3.15. The molecule has 2 heterocycles. The molecule has 1 amide bonds. The highest BCUT2D eigenvalue weighted by atomic mass is 79.9. The Morgan fingerprint density at radius 2 is 2.16 bits per heavy atom. The molecule has 3 rings (SSSR count). The summed E-state index contributed by atoms with van der Waals surface area (Å²) in [6.07, 6.45) is 0.983. The van der Waals surface area contributed by atoms with E-state index in [1.165, 1.54) is 10.9 Å². The maximum Gasteiger partial charge on any atom is 0.258 e. The number of ether oxygens (including phenoxy) is 1. The van der Waals surface area contributed by atoms with Gasteiger partial charge in [-0.1, -0.05) is 17.7 Å². The topological polar surface area (TPSA) is 123 Å². The number of nitrogens with two attached hydrogens (primary N) is 1. The highest BCUT2D eigenvalue weighted by Gasteiger charge is 2.22. The van der Waals surface area contributed by atoms with Gasteiger partial charge in [-0.05, 0) is 41.9 Å². The van der Waals surface area contributed by atoms with Gasteiger partial charge in [0.15, 0.2) is 5.82 Å². The first-order valence-electron chi connectivity index (χ1n) is 9.43. The van der Waals surface area contributed by atoms with Gasteiger partial charge in [0, 0.05) is 25.2 Å². The van der Waals surface area contributed by atoms with E-state index in [0.29, 0.717) is 27.1 Å². The number of carbonyl (C=O) groups is 1. The second-order valence-corrected chi connectivity index (χ2v) is 7.96. The molecule has 0 aliphatic heterocycles. The number of benzene rings is 1. The molecule has 1 unspecified atom stereocenters. The van der Waals surface area contributed by atoms with Gasteiger partial charge in [0.1, 0.15) is 22.5 Å². The van der Waals surface area contributed by atoms with Crippen molar-refractivity contribution in [1.29, 1.82) is 5.26 Å². The molecule has 2 N–H and O–H groups in total. The molecule has 160 valence electrons. The van der Waals surface area contributed by atoms with Crippen LogP contribution in [0.1, 0.15) is 45.9 Å². The van der Waals surface area contributed by atoms with Crippen LogP contribution in [0.25, 0.3) is 0 Å². The second-order valence-electron chi connectivity index (χ2n) is 7.15. The summed E-state index contributed by atoms with van der Waals surface area (Å²) in [5.41, 5.74) is 9.13. The van der Waals surface area contributed by atoms with Gasteiger partial charge in [-0.3, -0.25) is 9.48 Å². The van der Waals surface area contributed by atoms with Crippen molar-refractivity contribution in [1.82, 2.24) is 24.6 Å². The average molecular weight is 484 g/mol. The zero-order chi connectivity index (χ0) is 22.7. The molecule has 3 aromatic rings. The zero-order valence-electron chi connectivity index (χ0n) is 17.6. The molecule has 0 fully saturated rings. The third kappa shape index (κ3) is 5.00. The summed E-state index contributed by atoms with van der Waals surface area (Å²) in [4.78, 5) is 23.0. The highest BCUT2D eigenvalue weighted by Crippen LogP contribution is 2.28. The molecule has 0 aliphatic rings. The van der Waals surface area contributed by atoms with Gasteiger partial charge >= 0.3 is 0 Å². The number of nitrogens with zero attached hydrogens (tertiary/aromatic N) is 6. The molecule has 0 saturated heterocycles. The smallest absolute Gasteiger partial charge is 0.258 e. The lowest BCUT2D eigenvalue weighted by Gasteiger charge is -2.22. The van der Waals surface area contributed by atoms with E-state index in [2.05, 4.69) is 37.1 Å². The number of halogens is 1. The molecule has 1 atom stereocenters. The molecule has 0 saturated carbocycles. The van der Waals surface area contributed by atoms with E-state index in [0.717, 1.165) is 5.56 Å². The van der Waals surface area contributed by atoms with Gasteiger partial charge in [0.05, 0.1) is 18.4 Å². The van der Waals surface area contributed by atoms with E-state index < -0.39 is 6.10 Å². The average Bonchev–Trinajstić information content (AvgIpc) is 3.09. The molecule has 10 heteroatoms. The van der Waals surface area contributed by atoms with Crippen LogP contribution < -0.4 is 10.5 Å². The minimum atomic E-state index is -0.502. The lowest BCUT2D eigenvalue weighted by Crippen LogP contribution is -2.28. The van der Waals surface area contributed by atoms with Crippen LogP contribution in [0.3, 0.4) is 0 Å². The van der Waals surface area contributed by atoms with E-state index in [4.69, 9.17) is 15.7 Å². The largest absolute Gasteiger partial charge is 0.467 e. The van der Waals surface area contributed by atoms with Crippen LogP contribution in [0.4, 0.5) is 5.82 Å². The summed E-state index contributed by atoms with van der Waals surface area (Å²) in [5, 5.41) is 13.4. The van der Waals surface area contributed by atoms with Crippen molar-refractivity contribution >= 4 is 27.7 Å². The lowest BCUT2D eigenvalue weighted by molar-refractivity contribution is 0.0778. The second kappa shape index (κ2) is 9.14. The molecular formula is C21H22BrN7O2. The Morgan fingerprint density at radius 3 is 2.84 bits per heavy atom. The number of carbonyl (C=O) groups excluding carboxylic acids is 1. The summed E-state index contributed by atoms with van der Waals surface area (Å²) in [7, 11) is 3.38. The van der Waals surface area contributed by atoms with Crippen LogP contribution in [0.15, 0.2) is 35.1 Å². The lowest BCUT2D eigenvalue weighted by atomic mass is 9.99. The number of amides is 1. The van der Waals surface area contributed by atoms with Gasteiger partial charge in [0.2, 0.25) is 0 Å². The minimum absolute atomic E-state index is 0.163. The van der Waals surface area contributed by atoms with E-state index in [1.54, 1.807) is 31.1 Å². The maximum atomic E-state index is 13.2. The van der Waals surface area contributed by atoms with E-state index in [1.807, 2.05) is 26.0 Å². The fourth-order valence-electron chi connectivity index (χ4n) is 3.12. The van der Waals surface area contributed by atoms with Gasteiger partial charge < -0.3 is 15.4 Å². The van der Waals surface area contributed by atoms with E-state index >= 15 is 0 Å². The fourth-order valence-corrected chi connectivity index (χ4v) is 3.38. The Kier molecular flexibility index (Phi) is 6.56. The third-order valence-electron chi connectivity index (χ3n) is 4.69. The van der Waals surface area contributed by atoms with Crippen molar-refractivity contribution in [3.63, 3.8) is 0 Å². The SMILES string of the molecule is Cc1ccc(C(=O)N(C)Cc2cc(C#N)n(C)n2)c(C(C)Oc2nc(Br)cnc2N)c1. The number of hydrogen-bond donors (Lipinski definition) is 1.